The molecule has 6 heteroatoms. The lowest BCUT2D eigenvalue weighted by molar-refractivity contribution is 0.0519. The third-order valence-electron chi connectivity index (χ3n) is 2.47. The Kier molecular flexibility index (Phi) is 5.20. The molecule has 6 nitrogen and oxygen atoms in total. The number of ether oxygens (including phenoxy) is 3. The van der Waals surface area contributed by atoms with Crippen molar-refractivity contribution in [3.8, 4) is 17.6 Å². The van der Waals surface area contributed by atoms with Crippen LogP contribution < -0.4 is 9.47 Å². The highest BCUT2D eigenvalue weighted by molar-refractivity contribution is 5.86. The monoisotopic (exact) mass is 291 g/mol. The van der Waals surface area contributed by atoms with Crippen molar-refractivity contribution in [3.05, 3.63) is 36.2 Å². The van der Waals surface area contributed by atoms with Gasteiger partial charge in [0.25, 0.3) is 0 Å². The number of benzene rings is 1. The van der Waals surface area contributed by atoms with Crippen molar-refractivity contribution in [1.82, 2.24) is 4.98 Å². The van der Waals surface area contributed by atoms with Gasteiger partial charge in [0.1, 0.15) is 17.8 Å². The highest BCUT2D eigenvalue weighted by Gasteiger charge is 2.14. The zero-order valence-corrected chi connectivity index (χ0v) is 12.0. The summed E-state index contributed by atoms with van der Waals surface area (Å²) in [7, 11) is 0. The van der Waals surface area contributed by atoms with Crippen LogP contribution in [-0.4, -0.2) is 24.2 Å². The fourth-order valence-corrected chi connectivity index (χ4v) is 1.53. The van der Waals surface area contributed by atoms with Crippen LogP contribution in [0.5, 0.6) is 17.6 Å². The third kappa shape index (κ3) is 4.24. The molecule has 0 amide bonds. The molecular formula is C15H17NO5. The Labute approximate surface area is 122 Å². The number of aromatic nitrogens is 1. The molecule has 0 atom stereocenters. The van der Waals surface area contributed by atoms with Crippen LogP contribution in [0.15, 0.2) is 34.9 Å². The second-order valence-corrected chi connectivity index (χ2v) is 4.14. The fourth-order valence-electron chi connectivity index (χ4n) is 1.53. The number of nitrogens with zero attached hydrogens (tertiary/aromatic N) is 1. The van der Waals surface area contributed by atoms with Crippen LogP contribution in [-0.2, 0) is 4.74 Å². The minimum absolute atomic E-state index is 0.0136. The molecule has 0 saturated heterocycles. The number of hydrogen-bond donors (Lipinski definition) is 0. The smallest absolute Gasteiger partial charge is 0.399 e. The second kappa shape index (κ2) is 7.33. The van der Waals surface area contributed by atoms with Gasteiger partial charge in [0.15, 0.2) is 5.69 Å². The quantitative estimate of drug-likeness (QED) is 0.728. The predicted molar refractivity (Wildman–Crippen MR) is 74.8 cm³/mol. The number of hydrogen-bond acceptors (Lipinski definition) is 6. The molecule has 112 valence electrons. The van der Waals surface area contributed by atoms with Crippen LogP contribution >= 0.6 is 0 Å². The van der Waals surface area contributed by atoms with E-state index in [4.69, 9.17) is 18.6 Å². The lowest BCUT2D eigenvalue weighted by Gasteiger charge is -2.05. The van der Waals surface area contributed by atoms with E-state index in [-0.39, 0.29) is 18.4 Å². The Morgan fingerprint density at radius 2 is 1.90 bits per heavy atom. The number of esters is 1. The molecule has 1 aromatic carbocycles. The summed E-state index contributed by atoms with van der Waals surface area (Å²) in [6.07, 6.45) is 2.14. The summed E-state index contributed by atoms with van der Waals surface area (Å²) in [5, 5.41) is 0. The van der Waals surface area contributed by atoms with Crippen molar-refractivity contribution in [2.45, 2.75) is 20.3 Å². The van der Waals surface area contributed by atoms with Gasteiger partial charge in [-0.3, -0.25) is 0 Å². The number of oxazole rings is 1. The molecule has 2 rings (SSSR count). The van der Waals surface area contributed by atoms with E-state index in [0.29, 0.717) is 12.4 Å². The van der Waals surface area contributed by atoms with E-state index < -0.39 is 5.97 Å². The van der Waals surface area contributed by atoms with Crippen molar-refractivity contribution >= 4 is 5.97 Å². The average molecular weight is 291 g/mol. The van der Waals surface area contributed by atoms with E-state index in [2.05, 4.69) is 4.98 Å². The summed E-state index contributed by atoms with van der Waals surface area (Å²) in [5.41, 5.74) is 0.0785. The first-order chi connectivity index (χ1) is 10.2. The van der Waals surface area contributed by atoms with E-state index in [0.717, 1.165) is 12.2 Å². The fraction of sp³-hybridized carbons (Fsp3) is 0.333. The maximum absolute atomic E-state index is 11.4. The molecule has 0 spiro atoms. The second-order valence-electron chi connectivity index (χ2n) is 4.14. The predicted octanol–water partition coefficient (Wildman–Crippen LogP) is 3.43. The SMILES string of the molecule is CCCOc1ccc(Oc2nc(C(=O)OCC)co2)cc1. The summed E-state index contributed by atoms with van der Waals surface area (Å²) >= 11 is 0. The van der Waals surface area contributed by atoms with Crippen LogP contribution in [0.4, 0.5) is 0 Å². The summed E-state index contributed by atoms with van der Waals surface area (Å²) in [6.45, 7) is 4.71. The molecule has 0 bridgehead atoms. The molecule has 2 aromatic rings. The van der Waals surface area contributed by atoms with Crippen molar-refractivity contribution in [2.24, 2.45) is 0 Å². The van der Waals surface area contributed by atoms with Crippen LogP contribution in [0, 0.1) is 0 Å². The molecule has 0 unspecified atom stereocenters. The Bertz CT molecular complexity index is 576. The highest BCUT2D eigenvalue weighted by Crippen LogP contribution is 2.23. The van der Waals surface area contributed by atoms with Gasteiger partial charge in [-0.2, -0.15) is 4.98 Å². The highest BCUT2D eigenvalue weighted by atomic mass is 16.6. The number of rotatable bonds is 7. The summed E-state index contributed by atoms with van der Waals surface area (Å²) in [4.78, 5) is 15.3. The molecular weight excluding hydrogens is 274 g/mol. The molecule has 1 aromatic heterocycles. The lowest BCUT2D eigenvalue weighted by Crippen LogP contribution is -2.04. The first kappa shape index (κ1) is 14.9. The summed E-state index contributed by atoms with van der Waals surface area (Å²) in [5.74, 6) is 0.763. The molecule has 0 fully saturated rings. The summed E-state index contributed by atoms with van der Waals surface area (Å²) in [6, 6.07) is 7.05. The van der Waals surface area contributed by atoms with E-state index >= 15 is 0 Å². The molecule has 0 saturated carbocycles. The minimum atomic E-state index is -0.542. The molecule has 0 aliphatic rings. The Balaban J connectivity index is 1.96. The standard InChI is InChI=1S/C15H17NO5/c1-3-9-19-11-5-7-12(8-6-11)21-15-16-13(10-20-15)14(17)18-4-2/h5-8,10H,3-4,9H2,1-2H3. The van der Waals surface area contributed by atoms with Crippen molar-refractivity contribution < 1.29 is 23.4 Å². The molecule has 1 heterocycles. The molecule has 0 N–H and O–H groups in total. The number of carbonyl (C=O) groups is 1. The Hall–Kier alpha value is -2.50. The number of carbonyl (C=O) groups excluding carboxylic acids is 1. The maximum atomic E-state index is 11.4. The molecule has 0 radical (unpaired) electrons. The van der Waals surface area contributed by atoms with Gasteiger partial charge in [0, 0.05) is 0 Å². The largest absolute Gasteiger partial charge is 0.494 e. The van der Waals surface area contributed by atoms with Crippen molar-refractivity contribution in [3.63, 3.8) is 0 Å². The first-order valence-corrected chi connectivity index (χ1v) is 6.76. The van der Waals surface area contributed by atoms with Crippen LogP contribution in [0.25, 0.3) is 0 Å². The molecule has 0 aliphatic heterocycles. The molecule has 21 heavy (non-hydrogen) atoms. The van der Waals surface area contributed by atoms with Gasteiger partial charge in [-0.25, -0.2) is 4.79 Å². The average Bonchev–Trinajstić information content (AvgIpc) is 2.95. The van der Waals surface area contributed by atoms with Crippen molar-refractivity contribution in [2.75, 3.05) is 13.2 Å². The van der Waals surface area contributed by atoms with Gasteiger partial charge >= 0.3 is 12.0 Å². The Morgan fingerprint density at radius 3 is 2.57 bits per heavy atom. The van der Waals surface area contributed by atoms with Crippen molar-refractivity contribution in [1.29, 1.82) is 0 Å². The van der Waals surface area contributed by atoms with Gasteiger partial charge in [-0.1, -0.05) is 6.92 Å². The topological polar surface area (TPSA) is 70.8 Å². The van der Waals surface area contributed by atoms with Crippen LogP contribution in [0.1, 0.15) is 30.8 Å². The van der Waals surface area contributed by atoms with Crippen LogP contribution in [0.3, 0.4) is 0 Å². The first-order valence-electron chi connectivity index (χ1n) is 6.76. The zero-order chi connectivity index (χ0) is 15.1. The van der Waals surface area contributed by atoms with E-state index in [1.165, 1.54) is 6.26 Å². The normalized spacial score (nSPS) is 10.2. The van der Waals surface area contributed by atoms with Gasteiger partial charge < -0.3 is 18.6 Å². The Morgan fingerprint density at radius 1 is 1.19 bits per heavy atom. The zero-order valence-electron chi connectivity index (χ0n) is 12.0. The van der Waals surface area contributed by atoms with E-state index in [1.54, 1.807) is 31.2 Å². The maximum Gasteiger partial charge on any atom is 0.399 e. The van der Waals surface area contributed by atoms with Gasteiger partial charge in [-0.05, 0) is 37.6 Å². The van der Waals surface area contributed by atoms with E-state index in [9.17, 15) is 4.79 Å². The van der Waals surface area contributed by atoms with Crippen LogP contribution in [0.2, 0.25) is 0 Å². The van der Waals surface area contributed by atoms with Gasteiger partial charge in [-0.15, -0.1) is 0 Å². The van der Waals surface area contributed by atoms with Gasteiger partial charge in [0.05, 0.1) is 13.2 Å². The van der Waals surface area contributed by atoms with E-state index in [1.807, 2.05) is 6.92 Å². The summed E-state index contributed by atoms with van der Waals surface area (Å²) < 4.78 is 20.7. The lowest BCUT2D eigenvalue weighted by atomic mass is 10.3. The van der Waals surface area contributed by atoms with Gasteiger partial charge in [0.2, 0.25) is 0 Å². The minimum Gasteiger partial charge on any atom is -0.494 e. The molecule has 0 aliphatic carbocycles. The third-order valence-corrected chi connectivity index (χ3v) is 2.47.